The standard InChI is InChI=1S/C17H19N3O3S2/c1-10-16(24-3)25-17(18-10)19-14(21)8-9-20-12-6-4-5-7-13(12)23-11(2)15(20)22/h4-7,11H,8-9H2,1-3H3,(H,18,19,21). The number of anilines is 2. The van der Waals surface area contributed by atoms with E-state index in [9.17, 15) is 9.59 Å². The molecule has 6 nitrogen and oxygen atoms in total. The Kier molecular flexibility index (Phi) is 5.29. The minimum absolute atomic E-state index is 0.138. The topological polar surface area (TPSA) is 71.5 Å². The van der Waals surface area contributed by atoms with E-state index in [0.29, 0.717) is 23.1 Å². The summed E-state index contributed by atoms with van der Waals surface area (Å²) in [4.78, 5) is 30.6. The number of benzene rings is 1. The molecule has 1 N–H and O–H groups in total. The van der Waals surface area contributed by atoms with Gasteiger partial charge in [-0.15, -0.1) is 11.8 Å². The van der Waals surface area contributed by atoms with Crippen molar-refractivity contribution >= 4 is 45.7 Å². The van der Waals surface area contributed by atoms with Crippen LogP contribution in [-0.2, 0) is 9.59 Å². The number of thiazole rings is 1. The molecule has 1 atom stereocenters. The molecule has 132 valence electrons. The molecular weight excluding hydrogens is 358 g/mol. The summed E-state index contributed by atoms with van der Waals surface area (Å²) in [7, 11) is 0. The first-order chi connectivity index (χ1) is 12.0. The number of carbonyl (C=O) groups excluding carboxylic acids is 2. The molecule has 0 aliphatic carbocycles. The second-order valence-corrected chi connectivity index (χ2v) is 7.69. The van der Waals surface area contributed by atoms with Gasteiger partial charge in [-0.05, 0) is 32.2 Å². The minimum atomic E-state index is -0.552. The average molecular weight is 377 g/mol. The van der Waals surface area contributed by atoms with Gasteiger partial charge in [-0.2, -0.15) is 0 Å². The molecule has 0 spiro atoms. The lowest BCUT2D eigenvalue weighted by Gasteiger charge is -2.32. The monoisotopic (exact) mass is 377 g/mol. The molecule has 2 aromatic rings. The fraction of sp³-hybridized carbons (Fsp3) is 0.353. The second-order valence-electron chi connectivity index (χ2n) is 5.61. The highest BCUT2D eigenvalue weighted by Crippen LogP contribution is 2.34. The minimum Gasteiger partial charge on any atom is -0.479 e. The van der Waals surface area contributed by atoms with E-state index >= 15 is 0 Å². The molecule has 3 rings (SSSR count). The second kappa shape index (κ2) is 7.45. The van der Waals surface area contributed by atoms with Crippen molar-refractivity contribution < 1.29 is 14.3 Å². The lowest BCUT2D eigenvalue weighted by Crippen LogP contribution is -2.45. The van der Waals surface area contributed by atoms with Gasteiger partial charge in [0.1, 0.15) is 5.75 Å². The number of aryl methyl sites for hydroxylation is 1. The van der Waals surface area contributed by atoms with Gasteiger partial charge in [0.25, 0.3) is 5.91 Å². The first kappa shape index (κ1) is 17.8. The summed E-state index contributed by atoms with van der Waals surface area (Å²) in [5.41, 5.74) is 1.62. The van der Waals surface area contributed by atoms with Crippen molar-refractivity contribution in [1.82, 2.24) is 4.98 Å². The smallest absolute Gasteiger partial charge is 0.267 e. The van der Waals surface area contributed by atoms with E-state index < -0.39 is 6.10 Å². The number of para-hydroxylation sites is 2. The van der Waals surface area contributed by atoms with Crippen LogP contribution >= 0.6 is 23.1 Å². The van der Waals surface area contributed by atoms with Gasteiger partial charge in [-0.3, -0.25) is 9.59 Å². The van der Waals surface area contributed by atoms with Crippen molar-refractivity contribution in [2.24, 2.45) is 0 Å². The lowest BCUT2D eigenvalue weighted by molar-refractivity contribution is -0.125. The number of aromatic nitrogens is 1. The fourth-order valence-electron chi connectivity index (χ4n) is 2.61. The number of amides is 2. The average Bonchev–Trinajstić information content (AvgIpc) is 2.94. The third-order valence-electron chi connectivity index (χ3n) is 3.82. The zero-order chi connectivity index (χ0) is 18.0. The number of nitrogens with zero attached hydrogens (tertiary/aromatic N) is 2. The van der Waals surface area contributed by atoms with E-state index in [-0.39, 0.29) is 18.2 Å². The summed E-state index contributed by atoms with van der Waals surface area (Å²) >= 11 is 3.07. The van der Waals surface area contributed by atoms with Gasteiger partial charge in [0.15, 0.2) is 11.2 Å². The van der Waals surface area contributed by atoms with Crippen LogP contribution in [0.2, 0.25) is 0 Å². The maximum absolute atomic E-state index is 12.4. The number of fused-ring (bicyclic) bond motifs is 1. The number of hydrogen-bond acceptors (Lipinski definition) is 6. The molecular formula is C17H19N3O3S2. The molecule has 2 amide bonds. The first-order valence-electron chi connectivity index (χ1n) is 7.88. The Balaban J connectivity index is 1.66. The summed E-state index contributed by atoms with van der Waals surface area (Å²) < 4.78 is 6.69. The van der Waals surface area contributed by atoms with Crippen molar-refractivity contribution in [3.8, 4) is 5.75 Å². The Labute approximate surface area is 154 Å². The predicted octanol–water partition coefficient (Wildman–Crippen LogP) is 3.32. The zero-order valence-electron chi connectivity index (χ0n) is 14.2. The Morgan fingerprint density at radius 1 is 1.44 bits per heavy atom. The highest BCUT2D eigenvalue weighted by Gasteiger charge is 2.31. The number of rotatable bonds is 5. The number of carbonyl (C=O) groups is 2. The number of nitrogens with one attached hydrogen (secondary N) is 1. The van der Waals surface area contributed by atoms with Gasteiger partial charge in [0, 0.05) is 13.0 Å². The van der Waals surface area contributed by atoms with E-state index in [1.54, 1.807) is 23.6 Å². The van der Waals surface area contributed by atoms with Crippen LogP contribution in [0.1, 0.15) is 19.0 Å². The van der Waals surface area contributed by atoms with Crippen molar-refractivity contribution in [2.75, 3.05) is 23.0 Å². The zero-order valence-corrected chi connectivity index (χ0v) is 15.9. The summed E-state index contributed by atoms with van der Waals surface area (Å²) in [5.74, 6) is 0.363. The predicted molar refractivity (Wildman–Crippen MR) is 101 cm³/mol. The number of hydrogen-bond donors (Lipinski definition) is 1. The number of thioether (sulfide) groups is 1. The summed E-state index contributed by atoms with van der Waals surface area (Å²) in [6, 6.07) is 7.36. The van der Waals surface area contributed by atoms with E-state index in [2.05, 4.69) is 10.3 Å². The molecule has 0 bridgehead atoms. The third-order valence-corrected chi connectivity index (χ3v) is 6.11. The van der Waals surface area contributed by atoms with Crippen LogP contribution in [0, 0.1) is 6.92 Å². The normalized spacial score (nSPS) is 16.4. The molecule has 0 saturated carbocycles. The van der Waals surface area contributed by atoms with Crippen molar-refractivity contribution in [3.63, 3.8) is 0 Å². The molecule has 8 heteroatoms. The van der Waals surface area contributed by atoms with Crippen molar-refractivity contribution in [1.29, 1.82) is 0 Å². The van der Waals surface area contributed by atoms with Gasteiger partial charge in [0.2, 0.25) is 5.91 Å². The van der Waals surface area contributed by atoms with Gasteiger partial charge >= 0.3 is 0 Å². The largest absolute Gasteiger partial charge is 0.479 e. The quantitative estimate of drug-likeness (QED) is 0.810. The molecule has 0 fully saturated rings. The van der Waals surface area contributed by atoms with Gasteiger partial charge < -0.3 is 15.0 Å². The summed E-state index contributed by atoms with van der Waals surface area (Å²) in [6.07, 6.45) is 1.62. The van der Waals surface area contributed by atoms with Gasteiger partial charge in [-0.1, -0.05) is 23.5 Å². The van der Waals surface area contributed by atoms with Gasteiger partial charge in [0.05, 0.1) is 15.6 Å². The van der Waals surface area contributed by atoms with Crippen LogP contribution in [0.5, 0.6) is 5.75 Å². The molecule has 1 aromatic heterocycles. The highest BCUT2D eigenvalue weighted by atomic mass is 32.2. The van der Waals surface area contributed by atoms with Crippen molar-refractivity contribution in [3.05, 3.63) is 30.0 Å². The van der Waals surface area contributed by atoms with E-state index in [4.69, 9.17) is 4.74 Å². The summed E-state index contributed by atoms with van der Waals surface area (Å²) in [5, 5.41) is 3.40. The Morgan fingerprint density at radius 3 is 2.92 bits per heavy atom. The van der Waals surface area contributed by atoms with Crippen LogP contribution < -0.4 is 15.0 Å². The maximum Gasteiger partial charge on any atom is 0.267 e. The highest BCUT2D eigenvalue weighted by molar-refractivity contribution is 8.00. The van der Waals surface area contributed by atoms with Crippen LogP contribution in [0.15, 0.2) is 28.5 Å². The molecule has 1 aromatic carbocycles. The van der Waals surface area contributed by atoms with E-state index in [0.717, 1.165) is 9.90 Å². The molecule has 1 aliphatic rings. The van der Waals surface area contributed by atoms with Crippen molar-refractivity contribution in [2.45, 2.75) is 30.6 Å². The first-order valence-corrected chi connectivity index (χ1v) is 9.92. The van der Waals surface area contributed by atoms with E-state index in [1.807, 2.05) is 37.4 Å². The van der Waals surface area contributed by atoms with Gasteiger partial charge in [-0.25, -0.2) is 4.98 Å². The van der Waals surface area contributed by atoms with Crippen LogP contribution in [0.4, 0.5) is 10.8 Å². The van der Waals surface area contributed by atoms with Crippen LogP contribution in [0.3, 0.4) is 0 Å². The molecule has 1 aliphatic heterocycles. The molecule has 2 heterocycles. The molecule has 1 unspecified atom stereocenters. The summed E-state index contributed by atoms with van der Waals surface area (Å²) in [6.45, 7) is 3.94. The van der Waals surface area contributed by atoms with Crippen LogP contribution in [0.25, 0.3) is 0 Å². The molecule has 0 radical (unpaired) electrons. The van der Waals surface area contributed by atoms with Crippen LogP contribution in [-0.4, -0.2) is 35.7 Å². The Morgan fingerprint density at radius 2 is 2.20 bits per heavy atom. The van der Waals surface area contributed by atoms with E-state index in [1.165, 1.54) is 11.3 Å². The SMILES string of the molecule is CSc1sc(NC(=O)CCN2C(=O)C(C)Oc3ccccc32)nc1C. The molecule has 25 heavy (non-hydrogen) atoms. The Hall–Kier alpha value is -2.06. The fourth-order valence-corrected chi connectivity index (χ4v) is 4.24. The molecule has 0 saturated heterocycles. The lowest BCUT2D eigenvalue weighted by atomic mass is 10.1. The third kappa shape index (κ3) is 3.80. The Bertz CT molecular complexity index is 806. The number of ether oxygens (including phenoxy) is 1. The maximum atomic E-state index is 12.4.